The van der Waals surface area contributed by atoms with Gasteiger partial charge in [0.15, 0.2) is 0 Å². The lowest BCUT2D eigenvalue weighted by atomic mass is 10.1. The SMILES string of the molecule is O=c1[nH]c(=O)c2cc(S(=O)(=O)NCC(c3ccco3)N3CCCCC3)ccc2[nH]1. The number of aromatic nitrogens is 2. The van der Waals surface area contributed by atoms with Gasteiger partial charge in [-0.15, -0.1) is 0 Å². The van der Waals surface area contributed by atoms with Crippen molar-refractivity contribution in [1.82, 2.24) is 19.6 Å². The van der Waals surface area contributed by atoms with Crippen molar-refractivity contribution in [3.05, 3.63) is 63.2 Å². The van der Waals surface area contributed by atoms with Gasteiger partial charge in [0.2, 0.25) is 10.0 Å². The van der Waals surface area contributed by atoms with Crippen LogP contribution in [0.2, 0.25) is 0 Å². The molecule has 3 aromatic rings. The molecule has 1 fully saturated rings. The molecule has 154 valence electrons. The van der Waals surface area contributed by atoms with E-state index in [1.54, 1.807) is 12.3 Å². The molecular weight excluding hydrogens is 396 g/mol. The van der Waals surface area contributed by atoms with E-state index in [-0.39, 0.29) is 28.4 Å². The van der Waals surface area contributed by atoms with Crippen molar-refractivity contribution in [3.8, 4) is 0 Å². The van der Waals surface area contributed by atoms with E-state index in [1.807, 2.05) is 6.07 Å². The van der Waals surface area contributed by atoms with E-state index in [1.165, 1.54) is 24.6 Å². The van der Waals surface area contributed by atoms with Crippen LogP contribution in [0.15, 0.2) is 55.5 Å². The summed E-state index contributed by atoms with van der Waals surface area (Å²) in [5.41, 5.74) is -0.999. The molecule has 9 nitrogen and oxygen atoms in total. The molecule has 0 amide bonds. The first-order chi connectivity index (χ1) is 13.9. The lowest BCUT2D eigenvalue weighted by Gasteiger charge is -2.33. The van der Waals surface area contributed by atoms with E-state index < -0.39 is 21.3 Å². The van der Waals surface area contributed by atoms with Gasteiger partial charge in [0.1, 0.15) is 5.76 Å². The smallest absolute Gasteiger partial charge is 0.326 e. The van der Waals surface area contributed by atoms with Gasteiger partial charge in [-0.1, -0.05) is 6.42 Å². The number of likely N-dealkylation sites (tertiary alicyclic amines) is 1. The summed E-state index contributed by atoms with van der Waals surface area (Å²) in [6, 6.07) is 7.46. The zero-order chi connectivity index (χ0) is 20.4. The van der Waals surface area contributed by atoms with Gasteiger partial charge in [-0.25, -0.2) is 17.9 Å². The number of sulfonamides is 1. The van der Waals surface area contributed by atoms with Crippen LogP contribution >= 0.6 is 0 Å². The maximum absolute atomic E-state index is 12.9. The maximum Gasteiger partial charge on any atom is 0.326 e. The fourth-order valence-corrected chi connectivity index (χ4v) is 4.77. The van der Waals surface area contributed by atoms with Gasteiger partial charge in [-0.05, 0) is 56.3 Å². The second kappa shape index (κ2) is 7.97. The standard InChI is InChI=1S/C19H22N4O5S/c24-18-14-11-13(6-7-15(14)21-19(25)22-18)29(26,27)20-12-16(17-5-4-10-28-17)23-8-2-1-3-9-23/h4-7,10-11,16,20H,1-3,8-9,12H2,(H2,21,22,24,25). The molecule has 0 aliphatic carbocycles. The van der Waals surface area contributed by atoms with E-state index in [9.17, 15) is 18.0 Å². The Bertz CT molecular complexity index is 1210. The molecule has 3 N–H and O–H groups in total. The Morgan fingerprint density at radius 3 is 2.62 bits per heavy atom. The van der Waals surface area contributed by atoms with Gasteiger partial charge in [0.05, 0.1) is 28.1 Å². The molecule has 0 spiro atoms. The maximum atomic E-state index is 12.9. The molecule has 10 heteroatoms. The first-order valence-corrected chi connectivity index (χ1v) is 11.0. The highest BCUT2D eigenvalue weighted by Gasteiger charge is 2.26. The van der Waals surface area contributed by atoms with Gasteiger partial charge in [0.25, 0.3) is 5.56 Å². The van der Waals surface area contributed by atoms with Crippen molar-refractivity contribution >= 4 is 20.9 Å². The Balaban J connectivity index is 1.59. The van der Waals surface area contributed by atoms with Gasteiger partial charge in [-0.2, -0.15) is 0 Å². The first kappa shape index (κ1) is 19.6. The molecule has 1 saturated heterocycles. The number of furan rings is 1. The summed E-state index contributed by atoms with van der Waals surface area (Å²) in [5.74, 6) is 0.710. The highest BCUT2D eigenvalue weighted by atomic mass is 32.2. The van der Waals surface area contributed by atoms with Gasteiger partial charge in [-0.3, -0.25) is 14.7 Å². The molecule has 1 unspecified atom stereocenters. The number of piperidine rings is 1. The molecule has 0 radical (unpaired) electrons. The molecule has 1 aromatic carbocycles. The third kappa shape index (κ3) is 4.19. The number of fused-ring (bicyclic) bond motifs is 1. The molecule has 2 aromatic heterocycles. The fourth-order valence-electron chi connectivity index (χ4n) is 3.70. The summed E-state index contributed by atoms with van der Waals surface area (Å²) in [6.07, 6.45) is 4.88. The number of hydrogen-bond acceptors (Lipinski definition) is 6. The monoisotopic (exact) mass is 418 g/mol. The van der Waals surface area contributed by atoms with Crippen LogP contribution in [-0.4, -0.2) is 42.9 Å². The Morgan fingerprint density at radius 2 is 1.90 bits per heavy atom. The lowest BCUT2D eigenvalue weighted by Crippen LogP contribution is -2.40. The Hall–Kier alpha value is -2.69. The second-order valence-corrected chi connectivity index (χ2v) is 8.86. The van der Waals surface area contributed by atoms with Crippen LogP contribution in [-0.2, 0) is 10.0 Å². The molecule has 1 aliphatic heterocycles. The van der Waals surface area contributed by atoms with Crippen LogP contribution in [0.3, 0.4) is 0 Å². The molecule has 1 atom stereocenters. The third-order valence-corrected chi connectivity index (χ3v) is 6.61. The lowest BCUT2D eigenvalue weighted by molar-refractivity contribution is 0.147. The van der Waals surface area contributed by atoms with Crippen LogP contribution in [0.4, 0.5) is 0 Å². The van der Waals surface area contributed by atoms with Crippen molar-refractivity contribution in [3.63, 3.8) is 0 Å². The minimum atomic E-state index is -3.87. The molecule has 4 rings (SSSR count). The number of benzene rings is 1. The topological polar surface area (TPSA) is 128 Å². The molecule has 29 heavy (non-hydrogen) atoms. The van der Waals surface area contributed by atoms with Crippen molar-refractivity contribution in [2.75, 3.05) is 19.6 Å². The zero-order valence-electron chi connectivity index (χ0n) is 15.7. The number of H-pyrrole nitrogens is 2. The minimum absolute atomic E-state index is 0.0422. The summed E-state index contributed by atoms with van der Waals surface area (Å²) in [6.45, 7) is 1.91. The highest BCUT2D eigenvalue weighted by Crippen LogP contribution is 2.25. The van der Waals surface area contributed by atoms with Crippen LogP contribution in [0, 0.1) is 0 Å². The van der Waals surface area contributed by atoms with Gasteiger partial charge >= 0.3 is 5.69 Å². The fraction of sp³-hybridized carbons (Fsp3) is 0.368. The van der Waals surface area contributed by atoms with Crippen LogP contribution in [0.1, 0.15) is 31.1 Å². The van der Waals surface area contributed by atoms with Crippen LogP contribution < -0.4 is 16.0 Å². The van der Waals surface area contributed by atoms with E-state index in [4.69, 9.17) is 4.42 Å². The summed E-state index contributed by atoms with van der Waals surface area (Å²) >= 11 is 0. The molecule has 0 bridgehead atoms. The minimum Gasteiger partial charge on any atom is -0.468 e. The number of hydrogen-bond donors (Lipinski definition) is 3. The predicted octanol–water partition coefficient (Wildman–Crippen LogP) is 1.31. The van der Waals surface area contributed by atoms with Crippen molar-refractivity contribution in [1.29, 1.82) is 0 Å². The van der Waals surface area contributed by atoms with Crippen molar-refractivity contribution in [2.45, 2.75) is 30.2 Å². The van der Waals surface area contributed by atoms with Crippen molar-refractivity contribution < 1.29 is 12.8 Å². The Kier molecular flexibility index (Phi) is 5.39. The number of aromatic amines is 2. The van der Waals surface area contributed by atoms with E-state index in [2.05, 4.69) is 19.6 Å². The van der Waals surface area contributed by atoms with Crippen molar-refractivity contribution in [2.24, 2.45) is 0 Å². The van der Waals surface area contributed by atoms with E-state index >= 15 is 0 Å². The largest absolute Gasteiger partial charge is 0.468 e. The van der Waals surface area contributed by atoms with Gasteiger partial charge in [0, 0.05) is 6.54 Å². The Labute approximate surface area is 166 Å². The summed E-state index contributed by atoms with van der Waals surface area (Å²) in [4.78, 5) is 30.1. The normalized spacial score (nSPS) is 16.8. The van der Waals surface area contributed by atoms with Crippen LogP contribution in [0.25, 0.3) is 10.9 Å². The van der Waals surface area contributed by atoms with E-state index in [0.29, 0.717) is 5.76 Å². The quantitative estimate of drug-likeness (QED) is 0.554. The average Bonchev–Trinajstić information content (AvgIpc) is 3.23. The molecule has 1 aliphatic rings. The summed E-state index contributed by atoms with van der Waals surface area (Å²) in [5, 5.41) is 0.103. The number of rotatable bonds is 6. The van der Waals surface area contributed by atoms with Gasteiger partial charge < -0.3 is 9.40 Å². The predicted molar refractivity (Wildman–Crippen MR) is 107 cm³/mol. The molecule has 3 heterocycles. The first-order valence-electron chi connectivity index (χ1n) is 9.47. The number of nitrogens with one attached hydrogen (secondary N) is 3. The van der Waals surface area contributed by atoms with Crippen LogP contribution in [0.5, 0.6) is 0 Å². The second-order valence-electron chi connectivity index (χ2n) is 7.10. The highest BCUT2D eigenvalue weighted by molar-refractivity contribution is 7.89. The summed E-state index contributed by atoms with van der Waals surface area (Å²) < 4.78 is 33.9. The third-order valence-electron chi connectivity index (χ3n) is 5.19. The molecular formula is C19H22N4O5S. The zero-order valence-corrected chi connectivity index (χ0v) is 16.5. The Morgan fingerprint density at radius 1 is 1.10 bits per heavy atom. The average molecular weight is 418 g/mol. The number of nitrogens with zero attached hydrogens (tertiary/aromatic N) is 1. The summed E-state index contributed by atoms with van der Waals surface area (Å²) in [7, 11) is -3.87. The van der Waals surface area contributed by atoms with E-state index in [0.717, 1.165) is 25.9 Å². The molecule has 0 saturated carbocycles.